The van der Waals surface area contributed by atoms with E-state index in [4.69, 9.17) is 15.2 Å². The summed E-state index contributed by atoms with van der Waals surface area (Å²) in [4.78, 5) is 85.9. The Bertz CT molecular complexity index is 1720. The SMILES string of the molecule is CC(C)C[C@@H]1NC(=O)[C@H](C(C)C)OC(=O)C[C@H](O)[C@@H](C(C)C)NC(=O)[C@@H](N)[C@@H](C)OC(=O)[C@H](Cc2ccc3ccccc3c2)N(C)C(=O)[C@@H]2CCCN2C1=O.Cl. The van der Waals surface area contributed by atoms with Crippen molar-refractivity contribution in [2.75, 3.05) is 13.6 Å². The molecule has 8 atom stereocenters. The monoisotopic (exact) mass is 801 g/mol. The van der Waals surface area contributed by atoms with Crippen molar-refractivity contribution in [1.82, 2.24) is 20.4 Å². The van der Waals surface area contributed by atoms with Gasteiger partial charge in [0.1, 0.15) is 30.3 Å². The van der Waals surface area contributed by atoms with E-state index in [1.807, 2.05) is 56.3 Å². The van der Waals surface area contributed by atoms with Gasteiger partial charge in [-0.05, 0) is 60.3 Å². The van der Waals surface area contributed by atoms with Crippen LogP contribution in [-0.4, -0.2) is 113 Å². The van der Waals surface area contributed by atoms with Gasteiger partial charge < -0.3 is 40.7 Å². The smallest absolute Gasteiger partial charge is 0.329 e. The number of ether oxygens (including phenoxy) is 2. The molecule has 0 radical (unpaired) electrons. The highest BCUT2D eigenvalue weighted by atomic mass is 35.5. The van der Waals surface area contributed by atoms with E-state index in [0.29, 0.717) is 12.8 Å². The fraction of sp³-hybridized carbons (Fsp3) is 0.610. The molecule has 2 saturated heterocycles. The van der Waals surface area contributed by atoms with Crippen LogP contribution in [0.2, 0.25) is 0 Å². The first-order valence-corrected chi connectivity index (χ1v) is 19.4. The number of nitrogens with two attached hydrogens (primary N) is 1. The number of halogens is 1. The standard InChI is InChI=1S/C41H59N5O9.ClH/c1-22(2)18-29-39(51)46-17-11-14-30(46)40(52)45(8)31(20-26-15-16-27-12-9-10-13-28(27)19-26)41(53)54-25(7)34(42)37(49)44-35(23(3)4)32(47)21-33(48)55-36(24(5)6)38(50)43-29;/h9-10,12-13,15-16,19,22-25,29-32,34-36,47H,11,14,17-18,20-21,42H2,1-8H3,(H,43,50)(H,44,49);1H/t25-,29+,30+,31+,32+,34+,35-,36+;/m1./s1. The van der Waals surface area contributed by atoms with E-state index in [1.165, 1.54) is 23.8 Å². The number of esters is 2. The van der Waals surface area contributed by atoms with E-state index in [-0.39, 0.29) is 43.6 Å². The molecule has 2 aliphatic rings. The minimum atomic E-state index is -1.42. The molecule has 0 unspecified atom stereocenters. The van der Waals surface area contributed by atoms with Crippen molar-refractivity contribution in [3.05, 3.63) is 48.0 Å². The number of nitrogens with zero attached hydrogens (tertiary/aromatic N) is 2. The molecule has 2 aromatic rings. The molecule has 0 saturated carbocycles. The Labute approximate surface area is 336 Å². The molecular weight excluding hydrogens is 742 g/mol. The zero-order chi connectivity index (χ0) is 40.7. The Balaban J connectivity index is 0.00000841. The van der Waals surface area contributed by atoms with Crippen LogP contribution in [0.4, 0.5) is 0 Å². The molecule has 14 nitrogen and oxygen atoms in total. The number of hydrogen-bond acceptors (Lipinski definition) is 10. The molecule has 2 fully saturated rings. The fourth-order valence-corrected chi connectivity index (χ4v) is 7.29. The number of likely N-dealkylation sites (N-methyl/N-ethyl adjacent to an activating group) is 1. The summed E-state index contributed by atoms with van der Waals surface area (Å²) < 4.78 is 11.4. The topological polar surface area (TPSA) is 198 Å². The predicted molar refractivity (Wildman–Crippen MR) is 213 cm³/mol. The molecule has 5 N–H and O–H groups in total. The second kappa shape index (κ2) is 20.2. The van der Waals surface area contributed by atoms with Crippen LogP contribution >= 0.6 is 12.4 Å². The van der Waals surface area contributed by atoms with E-state index in [2.05, 4.69) is 10.6 Å². The minimum Gasteiger partial charge on any atom is -0.459 e. The van der Waals surface area contributed by atoms with Crippen LogP contribution in [0.3, 0.4) is 0 Å². The van der Waals surface area contributed by atoms with Crippen LogP contribution in [-0.2, 0) is 44.7 Å². The molecular formula is C41H60ClN5O9. The average Bonchev–Trinajstić information content (AvgIpc) is 3.62. The Kier molecular flexibility index (Phi) is 16.7. The van der Waals surface area contributed by atoms with Crippen LogP contribution in [0.15, 0.2) is 42.5 Å². The van der Waals surface area contributed by atoms with Crippen molar-refractivity contribution in [3.63, 3.8) is 0 Å². The summed E-state index contributed by atoms with van der Waals surface area (Å²) in [6, 6.07) is 8.02. The van der Waals surface area contributed by atoms with Gasteiger partial charge in [-0.2, -0.15) is 0 Å². The third-order valence-corrected chi connectivity index (χ3v) is 10.5. The molecule has 2 aliphatic heterocycles. The molecule has 15 heteroatoms. The highest BCUT2D eigenvalue weighted by Crippen LogP contribution is 2.25. The van der Waals surface area contributed by atoms with Gasteiger partial charge >= 0.3 is 11.9 Å². The van der Waals surface area contributed by atoms with E-state index in [9.17, 15) is 33.9 Å². The van der Waals surface area contributed by atoms with Crippen molar-refractivity contribution >= 4 is 58.7 Å². The molecule has 0 aliphatic carbocycles. The summed E-state index contributed by atoms with van der Waals surface area (Å²) in [5.41, 5.74) is 7.07. The largest absolute Gasteiger partial charge is 0.459 e. The molecule has 4 amide bonds. The maximum atomic E-state index is 14.4. The van der Waals surface area contributed by atoms with Gasteiger partial charge in [0, 0.05) is 20.0 Å². The third kappa shape index (κ3) is 11.4. The number of cyclic esters (lactones) is 2. The van der Waals surface area contributed by atoms with E-state index in [1.54, 1.807) is 27.7 Å². The highest BCUT2D eigenvalue weighted by Gasteiger charge is 2.43. The Morgan fingerprint density at radius 1 is 0.875 bits per heavy atom. The molecule has 4 rings (SSSR count). The van der Waals surface area contributed by atoms with Gasteiger partial charge in [-0.25, -0.2) is 4.79 Å². The van der Waals surface area contributed by atoms with E-state index >= 15 is 0 Å². The first-order chi connectivity index (χ1) is 25.9. The van der Waals surface area contributed by atoms with E-state index < -0.39 is 96.4 Å². The number of amides is 4. The first-order valence-electron chi connectivity index (χ1n) is 19.4. The molecule has 2 aromatic carbocycles. The van der Waals surface area contributed by atoms with Gasteiger partial charge in [-0.15, -0.1) is 12.4 Å². The van der Waals surface area contributed by atoms with Crippen molar-refractivity contribution in [1.29, 1.82) is 0 Å². The lowest BCUT2D eigenvalue weighted by atomic mass is 9.95. The molecule has 0 aromatic heterocycles. The Morgan fingerprint density at radius 2 is 1.54 bits per heavy atom. The van der Waals surface area contributed by atoms with Crippen LogP contribution < -0.4 is 16.4 Å². The van der Waals surface area contributed by atoms with Crippen molar-refractivity contribution < 1.29 is 43.3 Å². The van der Waals surface area contributed by atoms with Gasteiger partial charge in [-0.1, -0.05) is 84.0 Å². The van der Waals surface area contributed by atoms with Crippen LogP contribution in [0.5, 0.6) is 0 Å². The maximum Gasteiger partial charge on any atom is 0.329 e. The van der Waals surface area contributed by atoms with Crippen molar-refractivity contribution in [2.24, 2.45) is 23.5 Å². The summed E-state index contributed by atoms with van der Waals surface area (Å²) in [6.07, 6.45) is -3.25. The summed E-state index contributed by atoms with van der Waals surface area (Å²) in [5.74, 6) is -4.93. The van der Waals surface area contributed by atoms with Gasteiger partial charge in [-0.3, -0.25) is 24.0 Å². The number of aliphatic hydroxyl groups excluding tert-OH is 1. The second-order valence-electron chi connectivity index (χ2n) is 16.1. The number of fused-ring (bicyclic) bond motifs is 2. The number of carbonyl (C=O) groups excluding carboxylic acids is 6. The maximum absolute atomic E-state index is 14.4. The predicted octanol–water partition coefficient (Wildman–Crippen LogP) is 2.89. The molecule has 310 valence electrons. The minimum absolute atomic E-state index is 0. The summed E-state index contributed by atoms with van der Waals surface area (Å²) >= 11 is 0. The third-order valence-electron chi connectivity index (χ3n) is 10.5. The van der Waals surface area contributed by atoms with Gasteiger partial charge in [0.2, 0.25) is 17.7 Å². The summed E-state index contributed by atoms with van der Waals surface area (Å²) in [6.45, 7) is 12.4. The number of nitrogens with one attached hydrogen (secondary N) is 2. The molecule has 56 heavy (non-hydrogen) atoms. The lowest BCUT2D eigenvalue weighted by molar-refractivity contribution is -0.161. The first kappa shape index (κ1) is 46.1. The lowest BCUT2D eigenvalue weighted by Crippen LogP contribution is -2.58. The molecule has 0 spiro atoms. The normalized spacial score (nSPS) is 28.0. The number of aliphatic hydroxyl groups is 1. The van der Waals surface area contributed by atoms with Gasteiger partial charge in [0.15, 0.2) is 6.10 Å². The van der Waals surface area contributed by atoms with Crippen LogP contribution in [0, 0.1) is 17.8 Å². The van der Waals surface area contributed by atoms with Crippen molar-refractivity contribution in [2.45, 2.75) is 129 Å². The zero-order valence-electron chi connectivity index (χ0n) is 33.7. The molecule has 2 heterocycles. The number of rotatable bonds is 6. The lowest BCUT2D eigenvalue weighted by Gasteiger charge is -2.35. The summed E-state index contributed by atoms with van der Waals surface area (Å²) in [5, 5.41) is 18.6. The average molecular weight is 802 g/mol. The van der Waals surface area contributed by atoms with Crippen molar-refractivity contribution in [3.8, 4) is 0 Å². The fourth-order valence-electron chi connectivity index (χ4n) is 7.29. The zero-order valence-corrected chi connectivity index (χ0v) is 34.5. The van der Waals surface area contributed by atoms with Crippen LogP contribution in [0.25, 0.3) is 10.8 Å². The Hall–Kier alpha value is -4.27. The quantitative estimate of drug-likeness (QED) is 0.316. The van der Waals surface area contributed by atoms with Gasteiger partial charge in [0.25, 0.3) is 5.91 Å². The molecule has 0 bridgehead atoms. The second-order valence-corrected chi connectivity index (χ2v) is 16.1. The number of benzene rings is 2. The number of hydrogen-bond donors (Lipinski definition) is 4. The number of carbonyl (C=O) groups is 6. The summed E-state index contributed by atoms with van der Waals surface area (Å²) in [7, 11) is 1.49. The van der Waals surface area contributed by atoms with Crippen LogP contribution in [0.1, 0.15) is 79.7 Å². The Morgan fingerprint density at radius 3 is 2.16 bits per heavy atom. The van der Waals surface area contributed by atoms with Gasteiger partial charge in [0.05, 0.1) is 18.6 Å². The highest BCUT2D eigenvalue weighted by molar-refractivity contribution is 5.95. The van der Waals surface area contributed by atoms with E-state index in [0.717, 1.165) is 16.3 Å².